The maximum atomic E-state index is 5.77. The molecule has 2 N–H and O–H groups in total. The number of benzene rings is 1. The predicted molar refractivity (Wildman–Crippen MR) is 54.9 cm³/mol. The Morgan fingerprint density at radius 2 is 2.08 bits per heavy atom. The van der Waals surface area contributed by atoms with Crippen molar-refractivity contribution in [2.24, 2.45) is 0 Å². The van der Waals surface area contributed by atoms with E-state index in [4.69, 9.17) is 18.0 Å². The van der Waals surface area contributed by atoms with Crippen LogP contribution in [0, 0.1) is 3.95 Å². The van der Waals surface area contributed by atoms with E-state index < -0.39 is 0 Å². The summed E-state index contributed by atoms with van der Waals surface area (Å²) < 4.78 is 0.589. The van der Waals surface area contributed by atoms with Crippen molar-refractivity contribution in [2.45, 2.75) is 0 Å². The average molecular weight is 194 g/mol. The van der Waals surface area contributed by atoms with Gasteiger partial charge in [0.25, 0.3) is 0 Å². The van der Waals surface area contributed by atoms with Crippen LogP contribution < -0.4 is 5.73 Å². The largest absolute Gasteiger partial charge is 0.390 e. The second-order valence-electron chi connectivity index (χ2n) is 2.36. The van der Waals surface area contributed by atoms with Crippen LogP contribution in [0.5, 0.6) is 0 Å². The molecule has 0 unspecified atom stereocenters. The summed E-state index contributed by atoms with van der Waals surface area (Å²) in [6, 6.07) is 7.72. The zero-order chi connectivity index (χ0) is 8.55. The van der Waals surface area contributed by atoms with Gasteiger partial charge in [0.2, 0.25) is 0 Å². The molecule has 12 heavy (non-hydrogen) atoms. The highest BCUT2D eigenvalue weighted by atomic mass is 32.1. The smallest absolute Gasteiger partial charge is 0.182 e. The second-order valence-corrected chi connectivity index (χ2v) is 4.04. The van der Waals surface area contributed by atoms with E-state index in [1.54, 1.807) is 0 Å². The maximum absolute atomic E-state index is 5.77. The molecular weight excluding hydrogens is 188 g/mol. The molecule has 1 aromatic carbocycles. The van der Waals surface area contributed by atoms with Crippen LogP contribution in [0.1, 0.15) is 0 Å². The van der Waals surface area contributed by atoms with Crippen LogP contribution in [0.15, 0.2) is 24.3 Å². The number of fused-ring (bicyclic) bond motifs is 1. The number of para-hydroxylation sites is 1. The molecule has 1 aromatic heterocycles. The average Bonchev–Trinajstić information content (AvgIpc) is 2.04. The van der Waals surface area contributed by atoms with E-state index in [2.05, 4.69) is 4.98 Å². The molecule has 0 amide bonds. The quantitative estimate of drug-likeness (QED) is 0.655. The van der Waals surface area contributed by atoms with E-state index in [0.717, 1.165) is 15.9 Å². The van der Waals surface area contributed by atoms with E-state index in [-0.39, 0.29) is 0 Å². The summed E-state index contributed by atoms with van der Waals surface area (Å²) in [5.41, 5.74) is 6.64. The van der Waals surface area contributed by atoms with Gasteiger partial charge in [0.05, 0.1) is 10.5 Å². The van der Waals surface area contributed by atoms with Gasteiger partial charge in [-0.3, -0.25) is 0 Å². The van der Waals surface area contributed by atoms with Crippen molar-refractivity contribution >= 4 is 39.5 Å². The number of nitrogen functional groups attached to an aromatic ring is 1. The molecule has 2 rings (SSSR count). The number of rotatable bonds is 0. The van der Waals surface area contributed by atoms with Gasteiger partial charge in [0.1, 0.15) is 0 Å². The summed E-state index contributed by atoms with van der Waals surface area (Å²) in [6.07, 6.45) is 0. The maximum Gasteiger partial charge on any atom is 0.182 e. The fourth-order valence-corrected chi connectivity index (χ4v) is 2.03. The highest BCUT2D eigenvalue weighted by Crippen LogP contribution is 2.22. The highest BCUT2D eigenvalue weighted by molar-refractivity contribution is 7.73. The van der Waals surface area contributed by atoms with Gasteiger partial charge in [0, 0.05) is 5.39 Å². The summed E-state index contributed by atoms with van der Waals surface area (Å²) in [7, 11) is 0. The number of hydrogen-bond donors (Lipinski definition) is 1. The van der Waals surface area contributed by atoms with Gasteiger partial charge in [-0.25, -0.2) is 4.98 Å². The third-order valence-electron chi connectivity index (χ3n) is 1.58. The van der Waals surface area contributed by atoms with Gasteiger partial charge >= 0.3 is 0 Å². The Bertz CT molecular complexity index is 476. The SMILES string of the molecule is Nc1sc(=S)nc2ccccc12. The van der Waals surface area contributed by atoms with E-state index in [1.165, 1.54) is 11.3 Å². The Balaban J connectivity index is 2.99. The monoisotopic (exact) mass is 194 g/mol. The van der Waals surface area contributed by atoms with Crippen LogP contribution in [0.3, 0.4) is 0 Å². The fourth-order valence-electron chi connectivity index (χ4n) is 1.05. The van der Waals surface area contributed by atoms with Crippen molar-refractivity contribution in [1.82, 2.24) is 4.98 Å². The zero-order valence-corrected chi connectivity index (χ0v) is 7.78. The molecule has 0 saturated heterocycles. The first-order valence-electron chi connectivity index (χ1n) is 3.43. The predicted octanol–water partition coefficient (Wildman–Crippen LogP) is 2.61. The molecule has 0 bridgehead atoms. The Morgan fingerprint density at radius 3 is 2.92 bits per heavy atom. The van der Waals surface area contributed by atoms with Crippen LogP contribution in [0.2, 0.25) is 0 Å². The van der Waals surface area contributed by atoms with Crippen molar-refractivity contribution < 1.29 is 0 Å². The third-order valence-corrected chi connectivity index (χ3v) is 2.63. The number of anilines is 1. The molecule has 0 radical (unpaired) electrons. The van der Waals surface area contributed by atoms with Crippen molar-refractivity contribution in [3.63, 3.8) is 0 Å². The molecule has 0 fully saturated rings. The first kappa shape index (κ1) is 7.64. The Morgan fingerprint density at radius 1 is 1.33 bits per heavy atom. The highest BCUT2D eigenvalue weighted by Gasteiger charge is 1.97. The molecule has 0 saturated carbocycles. The van der Waals surface area contributed by atoms with Gasteiger partial charge in [-0.2, -0.15) is 0 Å². The van der Waals surface area contributed by atoms with Crippen LogP contribution in [-0.2, 0) is 0 Å². The summed E-state index contributed by atoms with van der Waals surface area (Å²) in [4.78, 5) is 4.19. The molecule has 0 aliphatic heterocycles. The Labute approximate surface area is 78.7 Å². The molecule has 0 spiro atoms. The lowest BCUT2D eigenvalue weighted by molar-refractivity contribution is 1.45. The normalized spacial score (nSPS) is 10.3. The molecule has 0 aliphatic carbocycles. The van der Waals surface area contributed by atoms with Crippen molar-refractivity contribution in [2.75, 3.05) is 5.73 Å². The lowest BCUT2D eigenvalue weighted by Crippen LogP contribution is -1.85. The number of nitrogens with zero attached hydrogens (tertiary/aromatic N) is 1. The van der Waals surface area contributed by atoms with Crippen molar-refractivity contribution in [1.29, 1.82) is 0 Å². The summed E-state index contributed by atoms with van der Waals surface area (Å²) >= 11 is 6.30. The first-order chi connectivity index (χ1) is 5.77. The molecule has 0 aliphatic rings. The van der Waals surface area contributed by atoms with Gasteiger partial charge in [0.15, 0.2) is 3.95 Å². The minimum Gasteiger partial charge on any atom is -0.390 e. The molecule has 1 heterocycles. The summed E-state index contributed by atoms with van der Waals surface area (Å²) in [6.45, 7) is 0. The van der Waals surface area contributed by atoms with Crippen LogP contribution >= 0.6 is 23.6 Å². The lowest BCUT2D eigenvalue weighted by Gasteiger charge is -1.97. The second kappa shape index (κ2) is 2.80. The zero-order valence-electron chi connectivity index (χ0n) is 6.15. The van der Waals surface area contributed by atoms with Gasteiger partial charge in [-0.05, 0) is 24.4 Å². The van der Waals surface area contributed by atoms with Crippen molar-refractivity contribution in [3.8, 4) is 0 Å². The molecule has 4 heteroatoms. The lowest BCUT2D eigenvalue weighted by atomic mass is 10.2. The summed E-state index contributed by atoms with van der Waals surface area (Å²) in [5, 5.41) is 1.72. The molecular formula is C8H6N2S2. The number of nitrogens with two attached hydrogens (primary N) is 1. The van der Waals surface area contributed by atoms with Crippen LogP contribution in [0.4, 0.5) is 5.00 Å². The van der Waals surface area contributed by atoms with Crippen LogP contribution in [0.25, 0.3) is 10.9 Å². The van der Waals surface area contributed by atoms with Crippen LogP contribution in [-0.4, -0.2) is 4.98 Å². The fraction of sp³-hybridized carbons (Fsp3) is 0. The molecule has 2 nitrogen and oxygen atoms in total. The van der Waals surface area contributed by atoms with E-state index in [0.29, 0.717) is 3.95 Å². The van der Waals surface area contributed by atoms with Gasteiger partial charge in [-0.1, -0.05) is 23.5 Å². The molecule has 60 valence electrons. The first-order valence-corrected chi connectivity index (χ1v) is 4.65. The summed E-state index contributed by atoms with van der Waals surface area (Å²) in [5.74, 6) is 0. The standard InChI is InChI=1S/C8H6N2S2/c9-7-5-3-1-2-4-6(5)10-8(11)12-7/h1-4H,9H2. The number of hydrogen-bond acceptors (Lipinski definition) is 4. The molecule has 0 atom stereocenters. The minimum absolute atomic E-state index is 0.589. The van der Waals surface area contributed by atoms with E-state index >= 15 is 0 Å². The molecule has 2 aromatic rings. The minimum atomic E-state index is 0.589. The Hall–Kier alpha value is -1.00. The van der Waals surface area contributed by atoms with E-state index in [1.807, 2.05) is 24.3 Å². The topological polar surface area (TPSA) is 38.9 Å². The van der Waals surface area contributed by atoms with Gasteiger partial charge < -0.3 is 5.73 Å². The third kappa shape index (κ3) is 1.19. The number of aromatic nitrogens is 1. The van der Waals surface area contributed by atoms with Crippen molar-refractivity contribution in [3.05, 3.63) is 28.2 Å². The Kier molecular flexibility index (Phi) is 1.78. The van der Waals surface area contributed by atoms with E-state index in [9.17, 15) is 0 Å². The van der Waals surface area contributed by atoms with Gasteiger partial charge in [-0.15, -0.1) is 0 Å².